The van der Waals surface area contributed by atoms with Crippen LogP contribution in [0.15, 0.2) is 53.4 Å². The zero-order valence-electron chi connectivity index (χ0n) is 10.3. The van der Waals surface area contributed by atoms with E-state index in [4.69, 9.17) is 0 Å². The molecule has 0 saturated heterocycles. The first kappa shape index (κ1) is 12.8. The Labute approximate surface area is 115 Å². The van der Waals surface area contributed by atoms with Gasteiger partial charge in [0.15, 0.2) is 0 Å². The van der Waals surface area contributed by atoms with E-state index < -0.39 is 21.7 Å². The molecule has 4 nitrogen and oxygen atoms in total. The summed E-state index contributed by atoms with van der Waals surface area (Å²) in [5.74, 6) is -1.16. The number of benzene rings is 2. The number of fused-ring (bicyclic) bond motifs is 1. The number of carbonyl (C=O) groups excluding carboxylic acids is 1. The normalized spacial score (nSPS) is 16.2. The summed E-state index contributed by atoms with van der Waals surface area (Å²) in [6.45, 7) is -0.303. The summed E-state index contributed by atoms with van der Waals surface area (Å²) in [6, 6.07) is 11.8. The minimum absolute atomic E-state index is 0.0265. The summed E-state index contributed by atoms with van der Waals surface area (Å²) >= 11 is 0. The summed E-state index contributed by atoms with van der Waals surface area (Å²) in [7, 11) is -3.89. The van der Waals surface area contributed by atoms with Crippen molar-refractivity contribution in [2.24, 2.45) is 0 Å². The molecule has 0 radical (unpaired) electrons. The SMILES string of the molecule is O=C1c2ccccc2S(=O)(=O)N1Cc1ccccc1F. The van der Waals surface area contributed by atoms with E-state index in [2.05, 4.69) is 0 Å². The molecule has 1 aliphatic rings. The molecule has 0 atom stereocenters. The minimum atomic E-state index is -3.89. The Bertz CT molecular complexity index is 802. The van der Waals surface area contributed by atoms with Gasteiger partial charge in [-0.05, 0) is 18.2 Å². The lowest BCUT2D eigenvalue weighted by atomic mass is 10.2. The fraction of sp³-hybridized carbons (Fsp3) is 0.0714. The van der Waals surface area contributed by atoms with Crippen molar-refractivity contribution in [1.29, 1.82) is 0 Å². The highest BCUT2D eigenvalue weighted by Gasteiger charge is 2.40. The molecular formula is C14H10FNO3S. The molecule has 1 heterocycles. The molecule has 0 bridgehead atoms. The number of amides is 1. The first-order valence-electron chi connectivity index (χ1n) is 5.91. The van der Waals surface area contributed by atoms with Gasteiger partial charge in [-0.2, -0.15) is 0 Å². The first-order chi connectivity index (χ1) is 9.51. The summed E-state index contributed by atoms with van der Waals surface area (Å²) in [6.07, 6.45) is 0. The van der Waals surface area contributed by atoms with Crippen molar-refractivity contribution in [3.8, 4) is 0 Å². The second-order valence-electron chi connectivity index (χ2n) is 4.40. The minimum Gasteiger partial charge on any atom is -0.268 e. The lowest BCUT2D eigenvalue weighted by molar-refractivity contribution is 0.0864. The summed E-state index contributed by atoms with van der Waals surface area (Å²) in [5.41, 5.74) is 0.293. The number of sulfonamides is 1. The first-order valence-corrected chi connectivity index (χ1v) is 7.35. The van der Waals surface area contributed by atoms with Gasteiger partial charge in [0.2, 0.25) is 0 Å². The predicted molar refractivity (Wildman–Crippen MR) is 69.9 cm³/mol. The fourth-order valence-electron chi connectivity index (χ4n) is 2.17. The van der Waals surface area contributed by atoms with Gasteiger partial charge in [0, 0.05) is 5.56 Å². The van der Waals surface area contributed by atoms with E-state index in [1.807, 2.05) is 0 Å². The number of hydrogen-bond donors (Lipinski definition) is 0. The van der Waals surface area contributed by atoms with Crippen molar-refractivity contribution in [3.05, 3.63) is 65.5 Å². The maximum absolute atomic E-state index is 13.6. The van der Waals surface area contributed by atoms with Gasteiger partial charge in [0.25, 0.3) is 15.9 Å². The Morgan fingerprint density at radius 2 is 1.65 bits per heavy atom. The average molecular weight is 291 g/mol. The zero-order chi connectivity index (χ0) is 14.3. The lowest BCUT2D eigenvalue weighted by Gasteiger charge is -2.15. The monoisotopic (exact) mass is 291 g/mol. The highest BCUT2D eigenvalue weighted by atomic mass is 32.2. The molecule has 6 heteroatoms. The lowest BCUT2D eigenvalue weighted by Crippen LogP contribution is -2.29. The fourth-order valence-corrected chi connectivity index (χ4v) is 3.72. The van der Waals surface area contributed by atoms with Crippen LogP contribution in [0.5, 0.6) is 0 Å². The van der Waals surface area contributed by atoms with E-state index in [1.54, 1.807) is 18.2 Å². The van der Waals surface area contributed by atoms with Crippen molar-refractivity contribution in [2.45, 2.75) is 11.4 Å². The highest BCUT2D eigenvalue weighted by Crippen LogP contribution is 2.31. The van der Waals surface area contributed by atoms with E-state index in [0.29, 0.717) is 4.31 Å². The van der Waals surface area contributed by atoms with Gasteiger partial charge in [-0.15, -0.1) is 0 Å². The molecule has 0 aromatic heterocycles. The van der Waals surface area contributed by atoms with E-state index in [1.165, 1.54) is 30.3 Å². The molecule has 0 N–H and O–H groups in total. The van der Waals surface area contributed by atoms with Crippen molar-refractivity contribution >= 4 is 15.9 Å². The Morgan fingerprint density at radius 3 is 2.35 bits per heavy atom. The predicted octanol–water partition coefficient (Wildman–Crippen LogP) is 2.17. The molecule has 0 saturated carbocycles. The molecule has 102 valence electrons. The van der Waals surface area contributed by atoms with Gasteiger partial charge in [0.1, 0.15) is 10.7 Å². The summed E-state index contributed by atoms with van der Waals surface area (Å²) in [4.78, 5) is 12.1. The number of carbonyl (C=O) groups is 1. The van der Waals surface area contributed by atoms with Crippen molar-refractivity contribution in [1.82, 2.24) is 4.31 Å². The number of nitrogens with zero attached hydrogens (tertiary/aromatic N) is 1. The number of hydrogen-bond acceptors (Lipinski definition) is 3. The van der Waals surface area contributed by atoms with Crippen LogP contribution in [0.25, 0.3) is 0 Å². The number of rotatable bonds is 2. The van der Waals surface area contributed by atoms with E-state index in [0.717, 1.165) is 0 Å². The third-order valence-electron chi connectivity index (χ3n) is 3.18. The molecule has 0 aliphatic carbocycles. The van der Waals surface area contributed by atoms with Gasteiger partial charge < -0.3 is 0 Å². The van der Waals surface area contributed by atoms with Crippen LogP contribution in [0.2, 0.25) is 0 Å². The Balaban J connectivity index is 2.05. The second-order valence-corrected chi connectivity index (χ2v) is 6.24. The van der Waals surface area contributed by atoms with Crippen molar-refractivity contribution < 1.29 is 17.6 Å². The van der Waals surface area contributed by atoms with Crippen LogP contribution in [-0.2, 0) is 16.6 Å². The molecule has 2 aromatic carbocycles. The zero-order valence-corrected chi connectivity index (χ0v) is 11.1. The quantitative estimate of drug-likeness (QED) is 0.852. The topological polar surface area (TPSA) is 54.5 Å². The van der Waals surface area contributed by atoms with Crippen LogP contribution in [0, 0.1) is 5.82 Å². The van der Waals surface area contributed by atoms with Gasteiger partial charge >= 0.3 is 0 Å². The Kier molecular flexibility index (Phi) is 2.83. The second kappa shape index (κ2) is 4.42. The van der Waals surface area contributed by atoms with E-state index in [-0.39, 0.29) is 22.6 Å². The van der Waals surface area contributed by atoms with Crippen LogP contribution >= 0.6 is 0 Å². The third-order valence-corrected chi connectivity index (χ3v) is 4.97. The molecule has 1 aliphatic heterocycles. The molecule has 0 spiro atoms. The maximum atomic E-state index is 13.6. The summed E-state index contributed by atoms with van der Waals surface area (Å²) < 4.78 is 38.9. The number of halogens is 1. The third kappa shape index (κ3) is 1.80. The Morgan fingerprint density at radius 1 is 1.00 bits per heavy atom. The molecule has 1 amide bonds. The van der Waals surface area contributed by atoms with E-state index in [9.17, 15) is 17.6 Å². The molecule has 0 fully saturated rings. The highest BCUT2D eigenvalue weighted by molar-refractivity contribution is 7.90. The van der Waals surface area contributed by atoms with Crippen LogP contribution in [0.4, 0.5) is 4.39 Å². The van der Waals surface area contributed by atoms with Crippen LogP contribution in [0.1, 0.15) is 15.9 Å². The summed E-state index contributed by atoms with van der Waals surface area (Å²) in [5, 5.41) is 0. The average Bonchev–Trinajstić information content (AvgIpc) is 2.63. The molecule has 3 rings (SSSR count). The Hall–Kier alpha value is -2.21. The van der Waals surface area contributed by atoms with Crippen LogP contribution in [0.3, 0.4) is 0 Å². The molecule has 2 aromatic rings. The standard InChI is InChI=1S/C14H10FNO3S/c15-12-7-3-1-5-10(12)9-16-14(17)11-6-2-4-8-13(11)20(16,18)19/h1-8H,9H2. The van der Waals surface area contributed by atoms with Gasteiger partial charge in [-0.25, -0.2) is 17.1 Å². The maximum Gasteiger partial charge on any atom is 0.269 e. The molecule has 20 heavy (non-hydrogen) atoms. The van der Waals surface area contributed by atoms with Crippen LogP contribution < -0.4 is 0 Å². The van der Waals surface area contributed by atoms with E-state index >= 15 is 0 Å². The van der Waals surface area contributed by atoms with Gasteiger partial charge in [0.05, 0.1) is 12.1 Å². The largest absolute Gasteiger partial charge is 0.269 e. The smallest absolute Gasteiger partial charge is 0.268 e. The van der Waals surface area contributed by atoms with Crippen molar-refractivity contribution in [3.63, 3.8) is 0 Å². The van der Waals surface area contributed by atoms with Crippen LogP contribution in [-0.4, -0.2) is 18.6 Å². The molecule has 0 unspecified atom stereocenters. The molecular weight excluding hydrogens is 281 g/mol. The van der Waals surface area contributed by atoms with Gasteiger partial charge in [-0.3, -0.25) is 4.79 Å². The van der Waals surface area contributed by atoms with Gasteiger partial charge in [-0.1, -0.05) is 30.3 Å². The van der Waals surface area contributed by atoms with Crippen molar-refractivity contribution in [2.75, 3.05) is 0 Å².